The minimum absolute atomic E-state index is 0. The Bertz CT molecular complexity index is 774. The van der Waals surface area contributed by atoms with Crippen molar-refractivity contribution < 1.29 is 0 Å². The Morgan fingerprint density at radius 2 is 2.12 bits per heavy atom. The number of likely N-dealkylation sites (tertiary alicyclic amines) is 1. The van der Waals surface area contributed by atoms with Crippen molar-refractivity contribution >= 4 is 29.9 Å². The standard InChI is InChI=1S/C19H24N6.HI/c1-21-19(22-11-16-5-3-15(10-20)4-6-16)25-8-7-17(14-25)9-18-12-23-24(2)13-18;/h3-6,12-13,17H,7-9,11,14H2,1-2H3,(H,21,22);1H. The Balaban J connectivity index is 0.00000243. The molecule has 1 saturated heterocycles. The van der Waals surface area contributed by atoms with Gasteiger partial charge in [-0.3, -0.25) is 9.67 Å². The van der Waals surface area contributed by atoms with Crippen molar-refractivity contribution in [1.29, 1.82) is 5.26 Å². The first kappa shape index (κ1) is 20.2. The lowest BCUT2D eigenvalue weighted by Crippen LogP contribution is -2.39. The van der Waals surface area contributed by atoms with Crippen LogP contribution in [0.5, 0.6) is 0 Å². The van der Waals surface area contributed by atoms with Gasteiger partial charge in [0, 0.05) is 39.9 Å². The molecule has 2 heterocycles. The van der Waals surface area contributed by atoms with Crippen molar-refractivity contribution in [2.75, 3.05) is 20.1 Å². The number of nitrogens with zero attached hydrogens (tertiary/aromatic N) is 5. The molecule has 7 heteroatoms. The van der Waals surface area contributed by atoms with Gasteiger partial charge in [-0.15, -0.1) is 24.0 Å². The molecule has 26 heavy (non-hydrogen) atoms. The summed E-state index contributed by atoms with van der Waals surface area (Å²) in [6.45, 7) is 2.75. The maximum atomic E-state index is 8.86. The molecule has 1 N–H and O–H groups in total. The normalized spacial score (nSPS) is 16.9. The van der Waals surface area contributed by atoms with Crippen LogP contribution in [-0.4, -0.2) is 40.8 Å². The van der Waals surface area contributed by atoms with Crippen LogP contribution in [0.3, 0.4) is 0 Å². The molecule has 0 spiro atoms. The Labute approximate surface area is 171 Å². The van der Waals surface area contributed by atoms with Gasteiger partial charge >= 0.3 is 0 Å². The van der Waals surface area contributed by atoms with Gasteiger partial charge in [-0.05, 0) is 42.0 Å². The molecule has 2 aromatic rings. The van der Waals surface area contributed by atoms with E-state index < -0.39 is 0 Å². The predicted molar refractivity (Wildman–Crippen MR) is 113 cm³/mol. The molecular weight excluding hydrogens is 439 g/mol. The van der Waals surface area contributed by atoms with Gasteiger partial charge in [-0.2, -0.15) is 10.4 Å². The molecule has 6 nitrogen and oxygen atoms in total. The van der Waals surface area contributed by atoms with Crippen LogP contribution in [0.1, 0.15) is 23.1 Å². The van der Waals surface area contributed by atoms with E-state index in [1.54, 1.807) is 0 Å². The van der Waals surface area contributed by atoms with E-state index in [2.05, 4.69) is 32.6 Å². The van der Waals surface area contributed by atoms with E-state index in [0.717, 1.165) is 31.0 Å². The first-order valence-corrected chi connectivity index (χ1v) is 8.60. The molecule has 0 bridgehead atoms. The number of aromatic nitrogens is 2. The van der Waals surface area contributed by atoms with Gasteiger partial charge in [0.05, 0.1) is 17.8 Å². The second-order valence-corrected chi connectivity index (χ2v) is 6.54. The summed E-state index contributed by atoms with van der Waals surface area (Å²) in [4.78, 5) is 6.75. The van der Waals surface area contributed by atoms with Crippen LogP contribution in [0.25, 0.3) is 0 Å². The van der Waals surface area contributed by atoms with Crippen LogP contribution in [-0.2, 0) is 20.0 Å². The number of hydrogen-bond acceptors (Lipinski definition) is 3. The molecule has 1 aromatic carbocycles. The van der Waals surface area contributed by atoms with Crippen LogP contribution in [0.4, 0.5) is 0 Å². The quantitative estimate of drug-likeness (QED) is 0.429. The van der Waals surface area contributed by atoms with Gasteiger partial charge in [0.1, 0.15) is 0 Å². The van der Waals surface area contributed by atoms with E-state index in [4.69, 9.17) is 5.26 Å². The molecule has 1 aromatic heterocycles. The van der Waals surface area contributed by atoms with Gasteiger partial charge in [-0.1, -0.05) is 12.1 Å². The van der Waals surface area contributed by atoms with E-state index in [1.165, 1.54) is 12.0 Å². The molecule has 0 radical (unpaired) electrons. The van der Waals surface area contributed by atoms with Crippen LogP contribution in [0.15, 0.2) is 41.7 Å². The number of guanidine groups is 1. The lowest BCUT2D eigenvalue weighted by Gasteiger charge is -2.21. The van der Waals surface area contributed by atoms with Crippen LogP contribution in [0, 0.1) is 17.2 Å². The maximum absolute atomic E-state index is 8.86. The number of hydrogen-bond donors (Lipinski definition) is 1. The van der Waals surface area contributed by atoms with E-state index >= 15 is 0 Å². The lowest BCUT2D eigenvalue weighted by molar-refractivity contribution is 0.459. The van der Waals surface area contributed by atoms with Crippen LogP contribution < -0.4 is 5.32 Å². The molecule has 0 amide bonds. The fourth-order valence-electron chi connectivity index (χ4n) is 3.31. The Hall–Kier alpha value is -2.08. The number of aryl methyl sites for hydroxylation is 1. The number of nitriles is 1. The second-order valence-electron chi connectivity index (χ2n) is 6.54. The van der Waals surface area contributed by atoms with E-state index in [0.29, 0.717) is 18.0 Å². The SMILES string of the molecule is CN=C(NCc1ccc(C#N)cc1)N1CCC(Cc2cnn(C)c2)C1.I. The molecule has 0 saturated carbocycles. The molecule has 1 unspecified atom stereocenters. The third-order valence-electron chi connectivity index (χ3n) is 4.61. The second kappa shape index (κ2) is 9.57. The smallest absolute Gasteiger partial charge is 0.193 e. The number of aliphatic imine (C=N–C) groups is 1. The van der Waals surface area contributed by atoms with Gasteiger partial charge in [0.2, 0.25) is 0 Å². The average molecular weight is 464 g/mol. The van der Waals surface area contributed by atoms with Gasteiger partial charge in [0.15, 0.2) is 5.96 Å². The summed E-state index contributed by atoms with van der Waals surface area (Å²) >= 11 is 0. The van der Waals surface area contributed by atoms with Crippen molar-refractivity contribution in [1.82, 2.24) is 20.0 Å². The summed E-state index contributed by atoms with van der Waals surface area (Å²) in [5.74, 6) is 1.58. The van der Waals surface area contributed by atoms with Gasteiger partial charge < -0.3 is 10.2 Å². The third-order valence-corrected chi connectivity index (χ3v) is 4.61. The molecule has 1 aliphatic heterocycles. The van der Waals surface area contributed by atoms with E-state index in [9.17, 15) is 0 Å². The molecule has 1 aliphatic rings. The Kier molecular flexibility index (Phi) is 7.45. The molecule has 1 atom stereocenters. The maximum Gasteiger partial charge on any atom is 0.193 e. The van der Waals surface area contributed by atoms with Crippen molar-refractivity contribution in [2.24, 2.45) is 18.0 Å². The summed E-state index contributed by atoms with van der Waals surface area (Å²) in [6.07, 6.45) is 6.30. The number of benzene rings is 1. The first-order valence-electron chi connectivity index (χ1n) is 8.60. The molecule has 138 valence electrons. The van der Waals surface area contributed by atoms with Crippen LogP contribution in [0.2, 0.25) is 0 Å². The first-order chi connectivity index (χ1) is 12.2. The topological polar surface area (TPSA) is 69.2 Å². The zero-order valence-electron chi connectivity index (χ0n) is 15.2. The fourth-order valence-corrected chi connectivity index (χ4v) is 3.31. The summed E-state index contributed by atoms with van der Waals surface area (Å²) in [5, 5.41) is 16.5. The van der Waals surface area contributed by atoms with Crippen LogP contribution >= 0.6 is 24.0 Å². The monoisotopic (exact) mass is 464 g/mol. The minimum Gasteiger partial charge on any atom is -0.352 e. The average Bonchev–Trinajstić information content (AvgIpc) is 3.25. The van der Waals surface area contributed by atoms with E-state index in [1.807, 2.05) is 49.2 Å². The van der Waals surface area contributed by atoms with Gasteiger partial charge in [0.25, 0.3) is 0 Å². The summed E-state index contributed by atoms with van der Waals surface area (Å²) in [6, 6.07) is 9.80. The number of rotatable bonds is 4. The predicted octanol–water partition coefficient (Wildman–Crippen LogP) is 2.55. The van der Waals surface area contributed by atoms with Crippen molar-refractivity contribution in [3.8, 4) is 6.07 Å². The lowest BCUT2D eigenvalue weighted by atomic mass is 10.0. The third kappa shape index (κ3) is 5.21. The summed E-state index contributed by atoms with van der Waals surface area (Å²) < 4.78 is 1.86. The molecule has 1 fully saturated rings. The highest BCUT2D eigenvalue weighted by Crippen LogP contribution is 2.20. The van der Waals surface area contributed by atoms with Crippen molar-refractivity contribution in [3.63, 3.8) is 0 Å². The highest BCUT2D eigenvalue weighted by Gasteiger charge is 2.25. The Morgan fingerprint density at radius 3 is 2.73 bits per heavy atom. The summed E-state index contributed by atoms with van der Waals surface area (Å²) in [5.41, 5.74) is 3.13. The zero-order valence-corrected chi connectivity index (χ0v) is 17.6. The van der Waals surface area contributed by atoms with Crippen molar-refractivity contribution in [2.45, 2.75) is 19.4 Å². The van der Waals surface area contributed by atoms with Crippen molar-refractivity contribution in [3.05, 3.63) is 53.3 Å². The summed E-state index contributed by atoms with van der Waals surface area (Å²) in [7, 11) is 3.79. The minimum atomic E-state index is 0. The van der Waals surface area contributed by atoms with E-state index in [-0.39, 0.29) is 24.0 Å². The molecular formula is C19H25IN6. The largest absolute Gasteiger partial charge is 0.352 e. The Morgan fingerprint density at radius 1 is 1.35 bits per heavy atom. The van der Waals surface area contributed by atoms with Gasteiger partial charge in [-0.25, -0.2) is 0 Å². The number of nitrogens with one attached hydrogen (secondary N) is 1. The zero-order chi connectivity index (χ0) is 17.6. The molecule has 0 aliphatic carbocycles. The fraction of sp³-hybridized carbons (Fsp3) is 0.421. The molecule has 3 rings (SSSR count). The highest BCUT2D eigenvalue weighted by molar-refractivity contribution is 14.0. The number of halogens is 1. The highest BCUT2D eigenvalue weighted by atomic mass is 127.